The van der Waals surface area contributed by atoms with Gasteiger partial charge in [-0.3, -0.25) is 0 Å². The average Bonchev–Trinajstić information content (AvgIpc) is 2.09. The van der Waals surface area contributed by atoms with Crippen LogP contribution in [0.1, 0.15) is 6.92 Å². The van der Waals surface area contributed by atoms with E-state index in [2.05, 4.69) is 31.9 Å². The molecule has 14 heavy (non-hydrogen) atoms. The van der Waals surface area contributed by atoms with Gasteiger partial charge in [-0.15, -0.1) is 0 Å². The monoisotopic (exact) mass is 323 g/mol. The fourth-order valence-electron chi connectivity index (χ4n) is 0.901. The zero-order valence-corrected chi connectivity index (χ0v) is 10.9. The van der Waals surface area contributed by atoms with Gasteiger partial charge in [-0.05, 0) is 50.9 Å². The van der Waals surface area contributed by atoms with Gasteiger partial charge in [-0.1, -0.05) is 0 Å². The predicted octanol–water partition coefficient (Wildman–Crippen LogP) is 3.17. The van der Waals surface area contributed by atoms with Crippen molar-refractivity contribution in [3.8, 4) is 5.75 Å². The molecule has 0 aliphatic rings. The third kappa shape index (κ3) is 3.15. The lowest BCUT2D eigenvalue weighted by Crippen LogP contribution is -2.03. The van der Waals surface area contributed by atoms with Crippen LogP contribution in [-0.4, -0.2) is 13.4 Å². The van der Waals surface area contributed by atoms with Crippen molar-refractivity contribution in [3.05, 3.63) is 21.1 Å². The normalized spacial score (nSPS) is 10.2. The van der Waals surface area contributed by atoms with Crippen molar-refractivity contribution >= 4 is 37.5 Å². The Kier molecular flexibility index (Phi) is 4.71. The molecule has 0 fully saturated rings. The van der Waals surface area contributed by atoms with Crippen LogP contribution in [0.3, 0.4) is 0 Å². The van der Waals surface area contributed by atoms with E-state index in [1.54, 1.807) is 12.1 Å². The molecule has 0 heterocycles. The molecular formula is C9H11Br2NO2. The molecule has 0 unspecified atom stereocenters. The SMILES string of the molecule is CCOCOc1c(Br)cc(N)cc1Br. The number of halogens is 2. The van der Waals surface area contributed by atoms with Crippen molar-refractivity contribution in [2.45, 2.75) is 6.92 Å². The molecule has 0 amide bonds. The summed E-state index contributed by atoms with van der Waals surface area (Å²) in [5, 5.41) is 0. The van der Waals surface area contributed by atoms with Crippen LogP contribution in [0.5, 0.6) is 5.75 Å². The Bertz CT molecular complexity index is 295. The van der Waals surface area contributed by atoms with E-state index in [9.17, 15) is 0 Å². The van der Waals surface area contributed by atoms with Gasteiger partial charge in [0.15, 0.2) is 12.5 Å². The lowest BCUT2D eigenvalue weighted by Gasteiger charge is -2.10. The second kappa shape index (κ2) is 5.58. The minimum atomic E-state index is 0.234. The van der Waals surface area contributed by atoms with E-state index in [1.807, 2.05) is 6.92 Å². The van der Waals surface area contributed by atoms with Crippen molar-refractivity contribution in [2.75, 3.05) is 19.1 Å². The summed E-state index contributed by atoms with van der Waals surface area (Å²) in [5.41, 5.74) is 6.31. The molecule has 1 aromatic carbocycles. The van der Waals surface area contributed by atoms with Crippen LogP contribution in [0.4, 0.5) is 5.69 Å². The smallest absolute Gasteiger partial charge is 0.189 e. The Morgan fingerprint density at radius 1 is 1.29 bits per heavy atom. The molecule has 1 rings (SSSR count). The summed E-state index contributed by atoms with van der Waals surface area (Å²) in [6, 6.07) is 3.57. The first-order valence-corrected chi connectivity index (χ1v) is 5.68. The summed E-state index contributed by atoms with van der Waals surface area (Å²) in [6.07, 6.45) is 0. The highest BCUT2D eigenvalue weighted by atomic mass is 79.9. The standard InChI is InChI=1S/C9H11Br2NO2/c1-2-13-5-14-9-7(10)3-6(12)4-8(9)11/h3-4H,2,5,12H2,1H3. The first-order valence-electron chi connectivity index (χ1n) is 4.10. The fraction of sp³-hybridized carbons (Fsp3) is 0.333. The highest BCUT2D eigenvalue weighted by Crippen LogP contribution is 2.35. The highest BCUT2D eigenvalue weighted by Gasteiger charge is 2.07. The lowest BCUT2D eigenvalue weighted by atomic mass is 10.3. The second-order valence-electron chi connectivity index (χ2n) is 2.57. The Labute approximate surface area is 99.8 Å². The maximum Gasteiger partial charge on any atom is 0.189 e. The second-order valence-corrected chi connectivity index (χ2v) is 4.28. The number of hydrogen-bond acceptors (Lipinski definition) is 3. The molecule has 78 valence electrons. The number of rotatable bonds is 4. The van der Waals surface area contributed by atoms with Crippen molar-refractivity contribution in [1.82, 2.24) is 0 Å². The fourth-order valence-corrected chi connectivity index (χ4v) is 2.35. The van der Waals surface area contributed by atoms with Crippen LogP contribution in [0.15, 0.2) is 21.1 Å². The van der Waals surface area contributed by atoms with Crippen LogP contribution in [0, 0.1) is 0 Å². The van der Waals surface area contributed by atoms with Crippen molar-refractivity contribution < 1.29 is 9.47 Å². The Balaban J connectivity index is 2.75. The number of nitrogen functional groups attached to an aromatic ring is 1. The molecule has 3 nitrogen and oxygen atoms in total. The van der Waals surface area contributed by atoms with E-state index in [4.69, 9.17) is 15.2 Å². The maximum absolute atomic E-state index is 5.64. The van der Waals surface area contributed by atoms with Crippen molar-refractivity contribution in [3.63, 3.8) is 0 Å². The highest BCUT2D eigenvalue weighted by molar-refractivity contribution is 9.11. The first kappa shape index (κ1) is 11.8. The van der Waals surface area contributed by atoms with Crippen LogP contribution in [0.25, 0.3) is 0 Å². The van der Waals surface area contributed by atoms with Gasteiger partial charge >= 0.3 is 0 Å². The zero-order chi connectivity index (χ0) is 10.6. The van der Waals surface area contributed by atoms with E-state index in [0.717, 1.165) is 8.95 Å². The zero-order valence-electron chi connectivity index (χ0n) is 7.72. The lowest BCUT2D eigenvalue weighted by molar-refractivity contribution is 0.0215. The molecule has 0 radical (unpaired) electrons. The largest absolute Gasteiger partial charge is 0.465 e. The first-order chi connectivity index (χ1) is 6.65. The van der Waals surface area contributed by atoms with E-state index in [1.165, 1.54) is 0 Å². The van der Waals surface area contributed by atoms with Crippen LogP contribution in [-0.2, 0) is 4.74 Å². The number of ether oxygens (including phenoxy) is 2. The number of nitrogens with two attached hydrogens (primary N) is 1. The number of anilines is 1. The molecule has 0 atom stereocenters. The van der Waals surface area contributed by atoms with Crippen molar-refractivity contribution in [1.29, 1.82) is 0 Å². The number of hydrogen-bond donors (Lipinski definition) is 1. The summed E-state index contributed by atoms with van der Waals surface area (Å²) < 4.78 is 12.1. The minimum absolute atomic E-state index is 0.234. The van der Waals surface area contributed by atoms with Crippen LogP contribution >= 0.6 is 31.9 Å². The molecule has 0 bridgehead atoms. The Morgan fingerprint density at radius 2 is 1.86 bits per heavy atom. The summed E-state index contributed by atoms with van der Waals surface area (Å²) in [4.78, 5) is 0. The average molecular weight is 325 g/mol. The summed E-state index contributed by atoms with van der Waals surface area (Å²) in [7, 11) is 0. The maximum atomic E-state index is 5.64. The summed E-state index contributed by atoms with van der Waals surface area (Å²) in [6.45, 7) is 2.78. The molecule has 0 aromatic heterocycles. The quantitative estimate of drug-likeness (QED) is 0.525. The third-order valence-corrected chi connectivity index (χ3v) is 2.69. The minimum Gasteiger partial charge on any atom is -0.465 e. The molecule has 5 heteroatoms. The molecular weight excluding hydrogens is 314 g/mol. The van der Waals surface area contributed by atoms with Gasteiger partial charge in [0.2, 0.25) is 0 Å². The molecule has 0 aliphatic heterocycles. The molecule has 0 saturated heterocycles. The van der Waals surface area contributed by atoms with Crippen molar-refractivity contribution in [2.24, 2.45) is 0 Å². The van der Waals surface area contributed by atoms with Gasteiger partial charge in [0.05, 0.1) is 8.95 Å². The Morgan fingerprint density at radius 3 is 2.36 bits per heavy atom. The summed E-state index contributed by atoms with van der Waals surface area (Å²) in [5.74, 6) is 0.702. The van der Waals surface area contributed by atoms with Gasteiger partial charge < -0.3 is 15.2 Å². The molecule has 0 spiro atoms. The van der Waals surface area contributed by atoms with Crippen LogP contribution in [0.2, 0.25) is 0 Å². The van der Waals surface area contributed by atoms with Crippen LogP contribution < -0.4 is 10.5 Å². The van der Waals surface area contributed by atoms with Gasteiger partial charge in [-0.2, -0.15) is 0 Å². The van der Waals surface area contributed by atoms with Gasteiger partial charge in [0.25, 0.3) is 0 Å². The third-order valence-electron chi connectivity index (χ3n) is 1.51. The topological polar surface area (TPSA) is 44.5 Å². The summed E-state index contributed by atoms with van der Waals surface area (Å²) >= 11 is 6.72. The van der Waals surface area contributed by atoms with E-state index < -0.39 is 0 Å². The molecule has 2 N–H and O–H groups in total. The van der Waals surface area contributed by atoms with E-state index in [0.29, 0.717) is 18.0 Å². The van der Waals surface area contributed by atoms with Gasteiger partial charge in [0.1, 0.15) is 0 Å². The van der Waals surface area contributed by atoms with E-state index >= 15 is 0 Å². The number of benzene rings is 1. The molecule has 0 aliphatic carbocycles. The van der Waals surface area contributed by atoms with Gasteiger partial charge in [0, 0.05) is 12.3 Å². The predicted molar refractivity (Wildman–Crippen MR) is 63.4 cm³/mol. The molecule has 1 aromatic rings. The van der Waals surface area contributed by atoms with Gasteiger partial charge in [-0.25, -0.2) is 0 Å². The van der Waals surface area contributed by atoms with E-state index in [-0.39, 0.29) is 6.79 Å². The Hall–Kier alpha value is -0.260. The molecule has 0 saturated carbocycles.